The standard InChI is InChI=1S/C15H16N6O2/c1-9-10(14-18-5-6-23-14)21-12(17)11(20-9)13(22)19-8-15(7-16)3-2-4-15/h5-6H,2-4,8H2,1H3,(H2,17,21)(H,19,22). The number of carbonyl (C=O) groups excluding carboxylic acids is 1. The molecule has 1 saturated carbocycles. The second-order valence-electron chi connectivity index (χ2n) is 5.66. The van der Waals surface area contributed by atoms with Crippen LogP contribution in [0.25, 0.3) is 11.6 Å². The number of nitrogens with two attached hydrogens (primary N) is 1. The van der Waals surface area contributed by atoms with Gasteiger partial charge in [-0.3, -0.25) is 4.79 Å². The highest BCUT2D eigenvalue weighted by Gasteiger charge is 2.37. The van der Waals surface area contributed by atoms with E-state index in [0.717, 1.165) is 19.3 Å². The lowest BCUT2D eigenvalue weighted by atomic mass is 9.70. The van der Waals surface area contributed by atoms with Gasteiger partial charge in [-0.1, -0.05) is 6.42 Å². The predicted octanol–water partition coefficient (Wildman–Crippen LogP) is 1.45. The molecule has 1 aliphatic carbocycles. The molecule has 118 valence electrons. The minimum atomic E-state index is -0.453. The first-order chi connectivity index (χ1) is 11.0. The van der Waals surface area contributed by atoms with Gasteiger partial charge in [0.25, 0.3) is 5.91 Å². The zero-order valence-corrected chi connectivity index (χ0v) is 12.7. The van der Waals surface area contributed by atoms with Crippen LogP contribution in [0.3, 0.4) is 0 Å². The zero-order valence-electron chi connectivity index (χ0n) is 12.7. The van der Waals surface area contributed by atoms with E-state index in [4.69, 9.17) is 10.2 Å². The summed E-state index contributed by atoms with van der Waals surface area (Å²) in [5.41, 5.74) is 6.33. The Morgan fingerprint density at radius 3 is 2.87 bits per heavy atom. The number of rotatable bonds is 4. The van der Waals surface area contributed by atoms with E-state index in [1.807, 2.05) is 0 Å². The van der Waals surface area contributed by atoms with Crippen molar-refractivity contribution in [3.8, 4) is 17.7 Å². The van der Waals surface area contributed by atoms with Crippen LogP contribution in [0.15, 0.2) is 16.9 Å². The summed E-state index contributed by atoms with van der Waals surface area (Å²) in [6, 6.07) is 2.27. The number of hydrogen-bond donors (Lipinski definition) is 2. The van der Waals surface area contributed by atoms with E-state index in [1.165, 1.54) is 12.5 Å². The molecular formula is C15H16N6O2. The molecule has 1 aliphatic rings. The number of nitrogens with zero attached hydrogens (tertiary/aromatic N) is 4. The number of hydrogen-bond acceptors (Lipinski definition) is 7. The Morgan fingerprint density at radius 1 is 1.52 bits per heavy atom. The molecule has 8 nitrogen and oxygen atoms in total. The van der Waals surface area contributed by atoms with Crippen LogP contribution >= 0.6 is 0 Å². The van der Waals surface area contributed by atoms with Crippen molar-refractivity contribution in [2.75, 3.05) is 12.3 Å². The molecule has 0 spiro atoms. The monoisotopic (exact) mass is 312 g/mol. The third-order valence-corrected chi connectivity index (χ3v) is 4.08. The minimum Gasteiger partial charge on any atom is -0.443 e. The highest BCUT2D eigenvalue weighted by atomic mass is 16.3. The van der Waals surface area contributed by atoms with Gasteiger partial charge in [-0.2, -0.15) is 5.26 Å². The molecule has 1 fully saturated rings. The van der Waals surface area contributed by atoms with Gasteiger partial charge in [-0.05, 0) is 19.8 Å². The number of amides is 1. The normalized spacial score (nSPS) is 15.5. The summed E-state index contributed by atoms with van der Waals surface area (Å²) >= 11 is 0. The third-order valence-electron chi connectivity index (χ3n) is 4.08. The molecule has 2 aromatic heterocycles. The number of aromatic nitrogens is 3. The number of anilines is 1. The van der Waals surface area contributed by atoms with Gasteiger partial charge in [0.15, 0.2) is 11.5 Å². The van der Waals surface area contributed by atoms with Crippen molar-refractivity contribution in [1.29, 1.82) is 5.26 Å². The van der Waals surface area contributed by atoms with Crippen LogP contribution in [0.1, 0.15) is 35.4 Å². The van der Waals surface area contributed by atoms with Crippen molar-refractivity contribution in [2.45, 2.75) is 26.2 Å². The Bertz CT molecular complexity index is 774. The predicted molar refractivity (Wildman–Crippen MR) is 80.9 cm³/mol. The van der Waals surface area contributed by atoms with Crippen molar-refractivity contribution in [3.63, 3.8) is 0 Å². The van der Waals surface area contributed by atoms with E-state index in [-0.39, 0.29) is 11.5 Å². The topological polar surface area (TPSA) is 131 Å². The van der Waals surface area contributed by atoms with E-state index in [2.05, 4.69) is 26.3 Å². The molecule has 8 heteroatoms. The summed E-state index contributed by atoms with van der Waals surface area (Å²) in [7, 11) is 0. The highest BCUT2D eigenvalue weighted by molar-refractivity contribution is 5.96. The average molecular weight is 312 g/mol. The summed E-state index contributed by atoms with van der Waals surface area (Å²) in [5, 5.41) is 11.9. The van der Waals surface area contributed by atoms with E-state index >= 15 is 0 Å². The van der Waals surface area contributed by atoms with Gasteiger partial charge in [-0.25, -0.2) is 15.0 Å². The SMILES string of the molecule is Cc1nc(C(=O)NCC2(C#N)CCC2)c(N)nc1-c1ncco1. The summed E-state index contributed by atoms with van der Waals surface area (Å²) in [4.78, 5) is 24.7. The molecule has 0 bridgehead atoms. The molecule has 0 saturated heterocycles. The van der Waals surface area contributed by atoms with Gasteiger partial charge in [0, 0.05) is 6.54 Å². The van der Waals surface area contributed by atoms with Crippen molar-refractivity contribution in [2.24, 2.45) is 5.41 Å². The Balaban J connectivity index is 1.79. The molecule has 2 aromatic rings. The van der Waals surface area contributed by atoms with Gasteiger partial charge in [-0.15, -0.1) is 0 Å². The first-order valence-electron chi connectivity index (χ1n) is 7.28. The van der Waals surface area contributed by atoms with E-state index < -0.39 is 11.3 Å². The van der Waals surface area contributed by atoms with Gasteiger partial charge < -0.3 is 15.5 Å². The van der Waals surface area contributed by atoms with Crippen LogP contribution in [0.4, 0.5) is 5.82 Å². The summed E-state index contributed by atoms with van der Waals surface area (Å²) < 4.78 is 5.18. The van der Waals surface area contributed by atoms with Crippen LogP contribution in [0.2, 0.25) is 0 Å². The first-order valence-corrected chi connectivity index (χ1v) is 7.28. The highest BCUT2D eigenvalue weighted by Crippen LogP contribution is 2.39. The molecule has 0 unspecified atom stereocenters. The Morgan fingerprint density at radius 2 is 2.30 bits per heavy atom. The second-order valence-corrected chi connectivity index (χ2v) is 5.66. The van der Waals surface area contributed by atoms with Gasteiger partial charge in [0.2, 0.25) is 5.89 Å². The first kappa shape index (κ1) is 15.0. The summed E-state index contributed by atoms with van der Waals surface area (Å²) in [6.45, 7) is 2.00. The fourth-order valence-corrected chi connectivity index (χ4v) is 2.51. The molecule has 3 rings (SSSR count). The van der Waals surface area contributed by atoms with Crippen LogP contribution < -0.4 is 11.1 Å². The van der Waals surface area contributed by atoms with Crippen LogP contribution in [0.5, 0.6) is 0 Å². The molecule has 0 atom stereocenters. The number of oxazole rings is 1. The molecule has 2 heterocycles. The summed E-state index contributed by atoms with van der Waals surface area (Å²) in [6.07, 6.45) is 5.52. The molecule has 0 radical (unpaired) electrons. The molecule has 3 N–H and O–H groups in total. The maximum absolute atomic E-state index is 12.3. The number of nitriles is 1. The largest absolute Gasteiger partial charge is 0.443 e. The van der Waals surface area contributed by atoms with Crippen molar-refractivity contribution >= 4 is 11.7 Å². The van der Waals surface area contributed by atoms with E-state index in [9.17, 15) is 10.1 Å². The molecule has 1 amide bonds. The number of nitrogen functional groups attached to an aromatic ring is 1. The van der Waals surface area contributed by atoms with Crippen LogP contribution in [-0.2, 0) is 0 Å². The Labute approximate surface area is 132 Å². The van der Waals surface area contributed by atoms with Crippen LogP contribution in [-0.4, -0.2) is 27.4 Å². The zero-order chi connectivity index (χ0) is 16.4. The third kappa shape index (κ3) is 2.73. The maximum atomic E-state index is 12.3. The Hall–Kier alpha value is -2.95. The van der Waals surface area contributed by atoms with Crippen molar-refractivity contribution < 1.29 is 9.21 Å². The lowest BCUT2D eigenvalue weighted by Gasteiger charge is -2.35. The van der Waals surface area contributed by atoms with E-state index in [0.29, 0.717) is 23.8 Å². The second kappa shape index (κ2) is 5.68. The summed E-state index contributed by atoms with van der Waals surface area (Å²) in [5.74, 6) is -0.133. The molecule has 23 heavy (non-hydrogen) atoms. The average Bonchev–Trinajstić information content (AvgIpc) is 3.02. The number of aryl methyl sites for hydroxylation is 1. The van der Waals surface area contributed by atoms with E-state index in [1.54, 1.807) is 6.92 Å². The minimum absolute atomic E-state index is 0.000849. The molecule has 0 aliphatic heterocycles. The van der Waals surface area contributed by atoms with Gasteiger partial charge in [0.1, 0.15) is 12.0 Å². The Kier molecular flexibility index (Phi) is 3.70. The van der Waals surface area contributed by atoms with Gasteiger partial charge in [0.05, 0.1) is 23.4 Å². The number of nitrogens with one attached hydrogen (secondary N) is 1. The lowest BCUT2D eigenvalue weighted by molar-refractivity contribution is 0.0914. The van der Waals surface area contributed by atoms with Crippen LogP contribution in [0, 0.1) is 23.7 Å². The lowest BCUT2D eigenvalue weighted by Crippen LogP contribution is -2.41. The van der Waals surface area contributed by atoms with Gasteiger partial charge >= 0.3 is 0 Å². The fraction of sp³-hybridized carbons (Fsp3) is 0.400. The smallest absolute Gasteiger partial charge is 0.273 e. The van der Waals surface area contributed by atoms with Crippen molar-refractivity contribution in [3.05, 3.63) is 23.8 Å². The maximum Gasteiger partial charge on any atom is 0.273 e. The molecular weight excluding hydrogens is 296 g/mol. The fourth-order valence-electron chi connectivity index (χ4n) is 2.51. The van der Waals surface area contributed by atoms with Crippen molar-refractivity contribution in [1.82, 2.24) is 20.3 Å². The molecule has 0 aromatic carbocycles. The number of carbonyl (C=O) groups is 1. The quantitative estimate of drug-likeness (QED) is 0.873.